The Balaban J connectivity index is 1.33. The van der Waals surface area contributed by atoms with Crippen LogP contribution in [0.15, 0.2) is 62.8 Å². The zero-order chi connectivity index (χ0) is 20.8. The molecule has 31 heavy (non-hydrogen) atoms. The van der Waals surface area contributed by atoms with Gasteiger partial charge in [0.25, 0.3) is 0 Å². The number of nitrogens with zero attached hydrogens (tertiary/aromatic N) is 5. The lowest BCUT2D eigenvalue weighted by Crippen LogP contribution is -2.21. The molecule has 158 valence electrons. The van der Waals surface area contributed by atoms with Crippen molar-refractivity contribution in [2.45, 2.75) is 72.5 Å². The van der Waals surface area contributed by atoms with Crippen molar-refractivity contribution in [3.8, 4) is 0 Å². The lowest BCUT2D eigenvalue weighted by Gasteiger charge is -2.26. The highest BCUT2D eigenvalue weighted by Gasteiger charge is 2.44. The van der Waals surface area contributed by atoms with Crippen molar-refractivity contribution in [2.24, 2.45) is 4.99 Å². The maximum Gasteiger partial charge on any atom is 0.197 e. The molecule has 2 aromatic heterocycles. The number of fused-ring (bicyclic) bond motifs is 6. The number of unbranched alkanes of at least 4 members (excludes halogenated alkanes) is 1. The number of aromatic nitrogens is 4. The molecule has 2 aliphatic heterocycles. The smallest absolute Gasteiger partial charge is 0.197 e. The molecule has 6 rings (SSSR count). The second-order valence-corrected chi connectivity index (χ2v) is 10.5. The minimum absolute atomic E-state index is 0.217. The Kier molecular flexibility index (Phi) is 5.11. The molecule has 0 bridgehead atoms. The number of rotatable bonds is 6. The first-order chi connectivity index (χ1) is 15.3. The Labute approximate surface area is 190 Å². The molecule has 1 aromatic carbocycles. The molecule has 0 spiro atoms. The molecule has 0 saturated heterocycles. The molecule has 0 fully saturated rings. The van der Waals surface area contributed by atoms with E-state index in [2.05, 4.69) is 45.8 Å². The largest absolute Gasteiger partial charge is 0.274 e. The predicted octanol–water partition coefficient (Wildman–Crippen LogP) is 6.06. The zero-order valence-corrected chi connectivity index (χ0v) is 19.3. The molecule has 3 aliphatic rings. The summed E-state index contributed by atoms with van der Waals surface area (Å²) in [5.74, 6) is 1.20. The molecule has 4 heterocycles. The van der Waals surface area contributed by atoms with Crippen molar-refractivity contribution >= 4 is 34.9 Å². The maximum atomic E-state index is 5.25. The zero-order valence-electron chi connectivity index (χ0n) is 17.6. The van der Waals surface area contributed by atoms with E-state index >= 15 is 0 Å². The first-order valence-electron chi connectivity index (χ1n) is 11.2. The fourth-order valence-electron chi connectivity index (χ4n) is 4.98. The second kappa shape index (κ2) is 8.10. The first kappa shape index (κ1) is 19.6. The van der Waals surface area contributed by atoms with Gasteiger partial charge in [0, 0.05) is 11.5 Å². The number of hydrogen-bond donors (Lipinski definition) is 0. The second-order valence-electron chi connectivity index (χ2n) is 8.43. The van der Waals surface area contributed by atoms with Crippen molar-refractivity contribution in [3.05, 3.63) is 59.1 Å². The van der Waals surface area contributed by atoms with Gasteiger partial charge in [0.05, 0.1) is 16.5 Å². The summed E-state index contributed by atoms with van der Waals surface area (Å²) in [6, 6.07) is 10.5. The average Bonchev–Trinajstić information content (AvgIpc) is 3.52. The summed E-state index contributed by atoms with van der Waals surface area (Å²) >= 11 is 3.56. The Morgan fingerprint density at radius 2 is 2.06 bits per heavy atom. The molecular formula is C24H25N5S2. The highest BCUT2D eigenvalue weighted by molar-refractivity contribution is 8.00. The average molecular weight is 448 g/mol. The van der Waals surface area contributed by atoms with Gasteiger partial charge < -0.3 is 0 Å². The summed E-state index contributed by atoms with van der Waals surface area (Å²) in [5.41, 5.74) is 7.91. The molecule has 0 N–H and O–H groups in total. The van der Waals surface area contributed by atoms with Crippen LogP contribution < -0.4 is 0 Å². The Hall–Kier alpha value is -2.12. The highest BCUT2D eigenvalue weighted by atomic mass is 32.2. The maximum absolute atomic E-state index is 5.25. The van der Waals surface area contributed by atoms with Crippen LogP contribution in [0.1, 0.15) is 62.6 Å². The van der Waals surface area contributed by atoms with Crippen LogP contribution in [0.5, 0.6) is 0 Å². The van der Waals surface area contributed by atoms with Crippen LogP contribution in [0.25, 0.3) is 5.65 Å². The molecule has 1 aliphatic carbocycles. The monoisotopic (exact) mass is 447 g/mol. The van der Waals surface area contributed by atoms with Crippen LogP contribution >= 0.6 is 23.5 Å². The summed E-state index contributed by atoms with van der Waals surface area (Å²) in [7, 11) is 0. The van der Waals surface area contributed by atoms with E-state index in [4.69, 9.17) is 9.98 Å². The molecule has 2 unspecified atom stereocenters. The number of allylic oxidation sites excluding steroid dienone is 1. The van der Waals surface area contributed by atoms with Crippen LogP contribution in [0, 0.1) is 0 Å². The highest BCUT2D eigenvalue weighted by Crippen LogP contribution is 2.55. The molecular weight excluding hydrogens is 422 g/mol. The quantitative estimate of drug-likeness (QED) is 0.430. The van der Waals surface area contributed by atoms with Gasteiger partial charge in [-0.2, -0.15) is 0 Å². The molecule has 0 saturated carbocycles. The van der Waals surface area contributed by atoms with Crippen LogP contribution in [0.2, 0.25) is 0 Å². The fraction of sp³-hybridized carbons (Fsp3) is 0.417. The van der Waals surface area contributed by atoms with Crippen molar-refractivity contribution in [3.63, 3.8) is 0 Å². The van der Waals surface area contributed by atoms with Crippen LogP contribution in [-0.2, 0) is 5.75 Å². The lowest BCUT2D eigenvalue weighted by atomic mass is 9.87. The summed E-state index contributed by atoms with van der Waals surface area (Å²) in [5, 5.41) is 10.2. The Bertz CT molecular complexity index is 1200. The minimum atomic E-state index is 0.217. The third-order valence-electron chi connectivity index (χ3n) is 6.48. The Morgan fingerprint density at radius 3 is 2.94 bits per heavy atom. The number of benzene rings is 1. The molecule has 5 nitrogen and oxygen atoms in total. The van der Waals surface area contributed by atoms with E-state index in [1.165, 1.54) is 54.0 Å². The molecule has 3 aromatic rings. The van der Waals surface area contributed by atoms with E-state index in [-0.39, 0.29) is 5.37 Å². The fourth-order valence-corrected chi connectivity index (χ4v) is 7.23. The van der Waals surface area contributed by atoms with E-state index in [1.54, 1.807) is 22.9 Å². The number of thioether (sulfide) groups is 2. The van der Waals surface area contributed by atoms with Gasteiger partial charge in [-0.3, -0.25) is 9.39 Å². The summed E-state index contributed by atoms with van der Waals surface area (Å²) in [6.45, 7) is 2.26. The van der Waals surface area contributed by atoms with Crippen LogP contribution in [0.3, 0.4) is 0 Å². The van der Waals surface area contributed by atoms with E-state index in [0.29, 0.717) is 5.92 Å². The van der Waals surface area contributed by atoms with Gasteiger partial charge in [-0.15, -0.1) is 10.2 Å². The van der Waals surface area contributed by atoms with Gasteiger partial charge in [-0.05, 0) is 43.2 Å². The van der Waals surface area contributed by atoms with Gasteiger partial charge >= 0.3 is 0 Å². The standard InChI is InChI=1S/C24H25N5S2/c1-2-3-12-18-16-10-7-11-17(16)19-20-21(31-23(19)26-18)22-27-28-24(29(22)14-25-20)30-13-15-8-5-4-6-9-15/h4-6,8-9,14,19,23H,2-3,7,10-13H2,1H3. The van der Waals surface area contributed by atoms with Crippen molar-refractivity contribution in [2.75, 3.05) is 0 Å². The summed E-state index contributed by atoms with van der Waals surface area (Å²) in [4.78, 5) is 11.4. The lowest BCUT2D eigenvalue weighted by molar-refractivity contribution is 0.692. The number of dihydropyridines is 1. The first-order valence-corrected chi connectivity index (χ1v) is 13.1. The van der Waals surface area contributed by atoms with Crippen molar-refractivity contribution in [1.29, 1.82) is 0 Å². The number of aliphatic imine (C=N–C) groups is 1. The van der Waals surface area contributed by atoms with Gasteiger partial charge in [0.2, 0.25) is 0 Å². The number of hydrogen-bond acceptors (Lipinski definition) is 6. The topological polar surface area (TPSA) is 55.4 Å². The summed E-state index contributed by atoms with van der Waals surface area (Å²) < 4.78 is 2.06. The van der Waals surface area contributed by atoms with Crippen LogP contribution in [-0.4, -0.2) is 30.7 Å². The van der Waals surface area contributed by atoms with E-state index in [0.717, 1.165) is 23.0 Å². The minimum Gasteiger partial charge on any atom is -0.274 e. The molecule has 0 radical (unpaired) electrons. The van der Waals surface area contributed by atoms with Gasteiger partial charge in [-0.1, -0.05) is 72.8 Å². The molecule has 0 amide bonds. The SMILES string of the molecule is CCCCC1=NC2Sc3c(ncn4c(SCc5ccccc5)nnc34)C2C2=C1CCC2. The molecule has 2 atom stereocenters. The van der Waals surface area contributed by atoms with E-state index in [1.807, 2.05) is 24.2 Å². The molecule has 7 heteroatoms. The van der Waals surface area contributed by atoms with E-state index < -0.39 is 0 Å². The van der Waals surface area contributed by atoms with Crippen LogP contribution in [0.4, 0.5) is 0 Å². The summed E-state index contributed by atoms with van der Waals surface area (Å²) in [6.07, 6.45) is 9.12. The Morgan fingerprint density at radius 1 is 1.16 bits per heavy atom. The van der Waals surface area contributed by atoms with Gasteiger partial charge in [0.15, 0.2) is 10.8 Å². The predicted molar refractivity (Wildman–Crippen MR) is 127 cm³/mol. The van der Waals surface area contributed by atoms with Crippen molar-refractivity contribution in [1.82, 2.24) is 19.6 Å². The normalized spacial score (nSPS) is 21.9. The van der Waals surface area contributed by atoms with Crippen molar-refractivity contribution < 1.29 is 0 Å². The van der Waals surface area contributed by atoms with Gasteiger partial charge in [0.1, 0.15) is 11.7 Å². The van der Waals surface area contributed by atoms with Gasteiger partial charge in [-0.25, -0.2) is 4.98 Å². The van der Waals surface area contributed by atoms with E-state index in [9.17, 15) is 0 Å². The third kappa shape index (κ3) is 3.33. The third-order valence-corrected chi connectivity index (χ3v) is 8.74.